The largest absolute Gasteiger partial charge is 0.493 e. The van der Waals surface area contributed by atoms with Crippen molar-refractivity contribution in [3.63, 3.8) is 0 Å². The van der Waals surface area contributed by atoms with Crippen molar-refractivity contribution < 1.29 is 9.90 Å². The fourth-order valence-corrected chi connectivity index (χ4v) is 5.35. The first-order valence-corrected chi connectivity index (χ1v) is 12.0. The Kier molecular flexibility index (Phi) is 6.32. The zero-order chi connectivity index (χ0) is 24.5. The number of benzene rings is 3. The molecule has 4 aromatic rings. The first kappa shape index (κ1) is 23.1. The van der Waals surface area contributed by atoms with E-state index in [1.807, 2.05) is 96.9 Å². The van der Waals surface area contributed by atoms with Crippen LogP contribution < -0.4 is 10.4 Å². The number of hydrogen-bond donors (Lipinski definition) is 2. The minimum atomic E-state index is -0.477. The second-order valence-electron chi connectivity index (χ2n) is 8.93. The molecule has 35 heavy (non-hydrogen) atoms. The second kappa shape index (κ2) is 9.56. The minimum absolute atomic E-state index is 0.0649. The lowest BCUT2D eigenvalue weighted by atomic mass is 9.74. The average molecular weight is 487 g/mol. The number of halogens is 1. The molecule has 0 aliphatic carbocycles. The third-order valence-corrected chi connectivity index (χ3v) is 7.05. The van der Waals surface area contributed by atoms with Gasteiger partial charge in [-0.25, -0.2) is 10.1 Å². The predicted octanol–water partition coefficient (Wildman–Crippen LogP) is 5.27. The molecule has 6 nitrogen and oxygen atoms in total. The van der Waals surface area contributed by atoms with E-state index >= 15 is 0 Å². The molecule has 5 rings (SSSR count). The summed E-state index contributed by atoms with van der Waals surface area (Å²) in [5, 5.41) is 18.7. The van der Waals surface area contributed by atoms with Crippen molar-refractivity contribution in [2.75, 3.05) is 5.01 Å². The third-order valence-electron chi connectivity index (χ3n) is 6.79. The number of hydrazine groups is 1. The van der Waals surface area contributed by atoms with Crippen molar-refractivity contribution in [2.45, 2.75) is 31.8 Å². The molecule has 178 valence electrons. The number of carbonyl (C=O) groups excluding carboxylic acids is 1. The van der Waals surface area contributed by atoms with Crippen molar-refractivity contribution in [2.24, 2.45) is 5.92 Å². The van der Waals surface area contributed by atoms with Gasteiger partial charge in [-0.15, -0.1) is 0 Å². The van der Waals surface area contributed by atoms with Gasteiger partial charge in [0.15, 0.2) is 0 Å². The lowest BCUT2D eigenvalue weighted by Gasteiger charge is -2.30. The monoisotopic (exact) mass is 486 g/mol. The minimum Gasteiger partial charge on any atom is -0.493 e. The van der Waals surface area contributed by atoms with Crippen LogP contribution in [0.4, 0.5) is 5.69 Å². The number of carbonyl (C=O) groups is 1. The summed E-state index contributed by atoms with van der Waals surface area (Å²) in [6.07, 6.45) is 0.986. The molecular weight excluding hydrogens is 460 g/mol. The van der Waals surface area contributed by atoms with Crippen LogP contribution in [0.25, 0.3) is 5.69 Å². The van der Waals surface area contributed by atoms with Gasteiger partial charge in [0, 0.05) is 28.5 Å². The first-order chi connectivity index (χ1) is 17.0. The number of aromatic nitrogens is 2. The highest BCUT2D eigenvalue weighted by Crippen LogP contribution is 2.45. The van der Waals surface area contributed by atoms with Crippen LogP contribution in [0.1, 0.15) is 29.7 Å². The maximum atomic E-state index is 12.6. The molecule has 0 saturated carbocycles. The highest BCUT2D eigenvalue weighted by molar-refractivity contribution is 6.30. The van der Waals surface area contributed by atoms with Crippen LogP contribution in [0.3, 0.4) is 0 Å². The number of aryl methyl sites for hydroxylation is 1. The van der Waals surface area contributed by atoms with E-state index < -0.39 is 6.04 Å². The lowest BCUT2D eigenvalue weighted by molar-refractivity contribution is -0.109. The average Bonchev–Trinajstić information content (AvgIpc) is 3.37. The Bertz CT molecular complexity index is 1310. The number of nitrogens with one attached hydrogen (secondary N) is 1. The molecule has 2 heterocycles. The van der Waals surface area contributed by atoms with Crippen LogP contribution >= 0.6 is 11.6 Å². The molecule has 4 atom stereocenters. The number of nitrogens with zero attached hydrogens (tertiary/aromatic N) is 3. The Labute approximate surface area is 209 Å². The van der Waals surface area contributed by atoms with Crippen LogP contribution in [-0.2, 0) is 4.79 Å². The highest BCUT2D eigenvalue weighted by atomic mass is 35.5. The Balaban J connectivity index is 1.64. The molecule has 1 fully saturated rings. The molecule has 3 aromatic carbocycles. The Hall–Kier alpha value is -3.61. The number of hydrogen-bond acceptors (Lipinski definition) is 5. The normalized spacial score (nSPS) is 20.7. The molecule has 1 aliphatic heterocycles. The summed E-state index contributed by atoms with van der Waals surface area (Å²) >= 11 is 6.10. The van der Waals surface area contributed by atoms with Crippen LogP contribution in [0.5, 0.6) is 5.88 Å². The third kappa shape index (κ3) is 4.20. The van der Waals surface area contributed by atoms with E-state index in [1.54, 1.807) is 4.68 Å². The van der Waals surface area contributed by atoms with Crippen molar-refractivity contribution in [1.82, 2.24) is 15.2 Å². The standard InChI is InChI=1S/C28H27ClN4O2/c1-18-25(24(17-34)32(30-18)23-15-13-21(29)14-16-23)27(20-9-5-3-6-10-20)26-19(2)31-33(28(26)35)22-11-7-4-8-12-22/h3-18,24-25,27,30,35H,1-2H3. The van der Waals surface area contributed by atoms with Gasteiger partial charge in [0.05, 0.1) is 17.1 Å². The molecule has 0 amide bonds. The summed E-state index contributed by atoms with van der Waals surface area (Å²) in [5.41, 5.74) is 7.59. The smallest absolute Gasteiger partial charge is 0.218 e. The maximum absolute atomic E-state index is 12.6. The molecule has 0 spiro atoms. The molecule has 2 N–H and O–H groups in total. The quantitative estimate of drug-likeness (QED) is 0.363. The summed E-state index contributed by atoms with van der Waals surface area (Å²) < 4.78 is 1.57. The molecule has 1 aliphatic rings. The zero-order valence-corrected chi connectivity index (χ0v) is 20.3. The lowest BCUT2D eigenvalue weighted by Crippen LogP contribution is -2.40. The molecule has 7 heteroatoms. The van der Waals surface area contributed by atoms with E-state index in [0.717, 1.165) is 34.5 Å². The van der Waals surface area contributed by atoms with E-state index in [2.05, 4.69) is 12.3 Å². The van der Waals surface area contributed by atoms with E-state index in [-0.39, 0.29) is 23.8 Å². The van der Waals surface area contributed by atoms with Crippen molar-refractivity contribution in [3.05, 3.63) is 107 Å². The topological polar surface area (TPSA) is 70.4 Å². The number of aldehydes is 1. The van der Waals surface area contributed by atoms with Gasteiger partial charge in [0.25, 0.3) is 0 Å². The SMILES string of the molecule is Cc1nn(-c2ccccc2)c(O)c1C(c1ccccc1)C1C(C)NN(c2ccc(Cl)cc2)C1C=O. The summed E-state index contributed by atoms with van der Waals surface area (Å²) in [6.45, 7) is 3.98. The number of aromatic hydroxyl groups is 1. The summed E-state index contributed by atoms with van der Waals surface area (Å²) in [4.78, 5) is 12.6. The van der Waals surface area contributed by atoms with Gasteiger partial charge >= 0.3 is 0 Å². The molecule has 1 saturated heterocycles. The zero-order valence-electron chi connectivity index (χ0n) is 19.5. The fraction of sp³-hybridized carbons (Fsp3) is 0.214. The Morgan fingerprint density at radius 2 is 1.60 bits per heavy atom. The van der Waals surface area contributed by atoms with E-state index in [1.165, 1.54) is 0 Å². The highest BCUT2D eigenvalue weighted by Gasteiger charge is 2.46. The number of rotatable bonds is 6. The summed E-state index contributed by atoms with van der Waals surface area (Å²) in [6, 6.07) is 26.5. The van der Waals surface area contributed by atoms with Gasteiger partial charge in [-0.05, 0) is 55.8 Å². The van der Waals surface area contributed by atoms with Crippen molar-refractivity contribution in [1.29, 1.82) is 0 Å². The van der Waals surface area contributed by atoms with Crippen LogP contribution in [0.2, 0.25) is 5.02 Å². The van der Waals surface area contributed by atoms with E-state index in [4.69, 9.17) is 16.7 Å². The van der Waals surface area contributed by atoms with Crippen molar-refractivity contribution >= 4 is 23.6 Å². The van der Waals surface area contributed by atoms with Gasteiger partial charge in [0.1, 0.15) is 12.3 Å². The van der Waals surface area contributed by atoms with Gasteiger partial charge in [0.2, 0.25) is 5.88 Å². The Morgan fingerprint density at radius 1 is 0.971 bits per heavy atom. The van der Waals surface area contributed by atoms with Crippen LogP contribution in [0, 0.1) is 12.8 Å². The van der Waals surface area contributed by atoms with Gasteiger partial charge in [-0.2, -0.15) is 5.10 Å². The van der Waals surface area contributed by atoms with Crippen LogP contribution in [0.15, 0.2) is 84.9 Å². The van der Waals surface area contributed by atoms with E-state index in [0.29, 0.717) is 5.02 Å². The van der Waals surface area contributed by atoms with Gasteiger partial charge < -0.3 is 9.90 Å². The summed E-state index contributed by atoms with van der Waals surface area (Å²) in [7, 11) is 0. The van der Waals surface area contributed by atoms with Crippen molar-refractivity contribution in [3.8, 4) is 11.6 Å². The number of para-hydroxylation sites is 1. The first-order valence-electron chi connectivity index (χ1n) is 11.6. The number of anilines is 1. The molecular formula is C28H27ClN4O2. The van der Waals surface area contributed by atoms with Gasteiger partial charge in [-0.3, -0.25) is 5.01 Å². The van der Waals surface area contributed by atoms with Gasteiger partial charge in [-0.1, -0.05) is 60.1 Å². The Morgan fingerprint density at radius 3 is 2.23 bits per heavy atom. The predicted molar refractivity (Wildman–Crippen MR) is 138 cm³/mol. The summed E-state index contributed by atoms with van der Waals surface area (Å²) in [5.74, 6) is -0.364. The van der Waals surface area contributed by atoms with Crippen LogP contribution in [-0.4, -0.2) is 33.3 Å². The molecule has 1 aromatic heterocycles. The molecule has 0 bridgehead atoms. The molecule has 0 radical (unpaired) electrons. The maximum Gasteiger partial charge on any atom is 0.218 e. The molecule has 4 unspecified atom stereocenters. The van der Waals surface area contributed by atoms with E-state index in [9.17, 15) is 9.90 Å². The second-order valence-corrected chi connectivity index (χ2v) is 9.36. The fourth-order valence-electron chi connectivity index (χ4n) is 5.23.